The van der Waals surface area contributed by atoms with Gasteiger partial charge in [-0.25, -0.2) is 13.4 Å². The Labute approximate surface area is 192 Å². The standard InChI is InChI=1S/C22H27FN4O5S/c1-25-7-9-26(10-8-25)13-17-11-19(23)22(27-14-21(28)24-33(27,29)30)20(12-17)32-15-16-3-5-18(31-2)6-4-16/h3-6,11-12H,7-10,13-15H2,1-2H3,(H,24,28). The summed E-state index contributed by atoms with van der Waals surface area (Å²) in [5.74, 6) is -0.731. The van der Waals surface area contributed by atoms with E-state index < -0.39 is 28.5 Å². The van der Waals surface area contributed by atoms with Crippen LogP contribution in [0.1, 0.15) is 11.1 Å². The lowest BCUT2D eigenvalue weighted by Gasteiger charge is -2.32. The highest BCUT2D eigenvalue weighted by atomic mass is 32.2. The molecule has 0 bridgehead atoms. The monoisotopic (exact) mass is 478 g/mol. The van der Waals surface area contributed by atoms with E-state index in [1.807, 2.05) is 4.72 Å². The third-order valence-corrected chi connectivity index (χ3v) is 7.09. The van der Waals surface area contributed by atoms with E-state index >= 15 is 4.39 Å². The zero-order chi connectivity index (χ0) is 23.6. The zero-order valence-electron chi connectivity index (χ0n) is 18.6. The van der Waals surface area contributed by atoms with Gasteiger partial charge in [0.05, 0.1) is 7.11 Å². The van der Waals surface area contributed by atoms with Crippen molar-refractivity contribution in [2.45, 2.75) is 13.2 Å². The maximum Gasteiger partial charge on any atom is 0.326 e. The molecule has 2 aliphatic rings. The molecule has 33 heavy (non-hydrogen) atoms. The number of benzene rings is 2. The van der Waals surface area contributed by atoms with E-state index in [1.54, 1.807) is 37.4 Å². The van der Waals surface area contributed by atoms with Gasteiger partial charge in [-0.05, 0) is 42.4 Å². The number of nitrogens with one attached hydrogen (secondary N) is 1. The van der Waals surface area contributed by atoms with Crippen molar-refractivity contribution in [3.05, 3.63) is 53.3 Å². The van der Waals surface area contributed by atoms with Crippen LogP contribution in [0.3, 0.4) is 0 Å². The molecule has 0 aliphatic carbocycles. The molecule has 0 atom stereocenters. The SMILES string of the molecule is COc1ccc(COc2cc(CN3CCN(C)CC3)cc(F)c2N2CC(=O)NS2(=O)=O)cc1. The van der Waals surface area contributed by atoms with E-state index in [1.165, 1.54) is 6.07 Å². The molecule has 11 heteroatoms. The van der Waals surface area contributed by atoms with Gasteiger partial charge in [-0.1, -0.05) is 12.1 Å². The molecule has 2 aliphatic heterocycles. The average molecular weight is 479 g/mol. The van der Waals surface area contributed by atoms with Gasteiger partial charge in [-0.15, -0.1) is 0 Å². The van der Waals surface area contributed by atoms with Crippen LogP contribution >= 0.6 is 0 Å². The number of nitrogens with zero attached hydrogens (tertiary/aromatic N) is 3. The minimum atomic E-state index is -4.19. The van der Waals surface area contributed by atoms with E-state index in [9.17, 15) is 13.2 Å². The summed E-state index contributed by atoms with van der Waals surface area (Å²) in [5, 5.41) is 0. The highest BCUT2D eigenvalue weighted by Gasteiger charge is 2.38. The van der Waals surface area contributed by atoms with Gasteiger partial charge in [0, 0.05) is 32.7 Å². The molecule has 1 amide bonds. The van der Waals surface area contributed by atoms with Crippen LogP contribution in [0.25, 0.3) is 0 Å². The largest absolute Gasteiger partial charge is 0.497 e. The number of carbonyl (C=O) groups is 1. The van der Waals surface area contributed by atoms with Crippen molar-refractivity contribution in [3.63, 3.8) is 0 Å². The number of ether oxygens (including phenoxy) is 2. The van der Waals surface area contributed by atoms with Crippen LogP contribution in [0.4, 0.5) is 10.1 Å². The Balaban J connectivity index is 1.63. The van der Waals surface area contributed by atoms with E-state index in [4.69, 9.17) is 9.47 Å². The topological polar surface area (TPSA) is 91.4 Å². The molecular weight excluding hydrogens is 451 g/mol. The zero-order valence-corrected chi connectivity index (χ0v) is 19.4. The Morgan fingerprint density at radius 2 is 1.76 bits per heavy atom. The second-order valence-electron chi connectivity index (χ2n) is 8.18. The van der Waals surface area contributed by atoms with Gasteiger partial charge in [-0.2, -0.15) is 8.42 Å². The number of piperazine rings is 1. The summed E-state index contributed by atoms with van der Waals surface area (Å²) in [6, 6.07) is 10.1. The second-order valence-corrected chi connectivity index (χ2v) is 9.77. The Hall–Kier alpha value is -2.89. The van der Waals surface area contributed by atoms with Crippen LogP contribution in [0, 0.1) is 5.82 Å². The maximum atomic E-state index is 15.3. The third-order valence-electron chi connectivity index (χ3n) is 5.71. The lowest BCUT2D eigenvalue weighted by molar-refractivity contribution is -0.117. The molecule has 2 heterocycles. The molecule has 178 valence electrons. The lowest BCUT2D eigenvalue weighted by Crippen LogP contribution is -2.43. The predicted octanol–water partition coefficient (Wildman–Crippen LogP) is 1.34. The molecule has 0 saturated carbocycles. The fourth-order valence-corrected chi connectivity index (χ4v) is 5.03. The van der Waals surface area contributed by atoms with Crippen LogP contribution in [0.15, 0.2) is 36.4 Å². The minimum Gasteiger partial charge on any atom is -0.497 e. The first-order valence-corrected chi connectivity index (χ1v) is 12.0. The number of hydrogen-bond acceptors (Lipinski definition) is 7. The fraction of sp³-hybridized carbons (Fsp3) is 0.409. The molecule has 4 rings (SSSR count). The number of rotatable bonds is 7. The van der Waals surface area contributed by atoms with E-state index in [-0.39, 0.29) is 18.0 Å². The van der Waals surface area contributed by atoms with Gasteiger partial charge in [-0.3, -0.25) is 9.69 Å². The smallest absolute Gasteiger partial charge is 0.326 e. The normalized spacial score (nSPS) is 18.9. The predicted molar refractivity (Wildman–Crippen MR) is 121 cm³/mol. The summed E-state index contributed by atoms with van der Waals surface area (Å²) in [4.78, 5) is 16.2. The average Bonchev–Trinajstić information content (AvgIpc) is 3.05. The van der Waals surface area contributed by atoms with E-state index in [0.717, 1.165) is 31.7 Å². The summed E-state index contributed by atoms with van der Waals surface area (Å²) in [7, 11) is -0.565. The van der Waals surface area contributed by atoms with Crippen molar-refractivity contribution in [1.29, 1.82) is 0 Å². The number of halogens is 1. The Bertz CT molecular complexity index is 1120. The fourth-order valence-electron chi connectivity index (χ4n) is 3.86. The first-order valence-electron chi connectivity index (χ1n) is 10.6. The van der Waals surface area contributed by atoms with Crippen molar-refractivity contribution in [1.82, 2.24) is 14.5 Å². The Morgan fingerprint density at radius 1 is 1.06 bits per heavy atom. The van der Waals surface area contributed by atoms with Crippen molar-refractivity contribution >= 4 is 21.8 Å². The number of anilines is 1. The summed E-state index contributed by atoms with van der Waals surface area (Å²) in [6.07, 6.45) is 0. The number of hydrogen-bond donors (Lipinski definition) is 1. The Kier molecular flexibility index (Phi) is 6.73. The van der Waals surface area contributed by atoms with Crippen LogP contribution in [-0.4, -0.2) is 71.0 Å². The first-order chi connectivity index (χ1) is 15.7. The number of carbonyl (C=O) groups excluding carboxylic acids is 1. The minimum absolute atomic E-state index is 0.0648. The van der Waals surface area contributed by atoms with Gasteiger partial charge in [0.15, 0.2) is 5.82 Å². The molecule has 2 aromatic carbocycles. The molecule has 0 radical (unpaired) electrons. The van der Waals surface area contributed by atoms with Crippen LogP contribution in [0.2, 0.25) is 0 Å². The van der Waals surface area contributed by atoms with Crippen molar-refractivity contribution < 1.29 is 27.1 Å². The Morgan fingerprint density at radius 3 is 2.36 bits per heavy atom. The third kappa shape index (κ3) is 5.37. The van der Waals surface area contributed by atoms with E-state index in [0.29, 0.717) is 22.2 Å². The van der Waals surface area contributed by atoms with Gasteiger partial charge in [0.2, 0.25) is 0 Å². The second kappa shape index (κ2) is 9.54. The van der Waals surface area contributed by atoms with Gasteiger partial charge in [0.25, 0.3) is 5.91 Å². The van der Waals surface area contributed by atoms with Crippen LogP contribution < -0.4 is 18.5 Å². The highest BCUT2D eigenvalue weighted by molar-refractivity contribution is 7.92. The molecule has 1 N–H and O–H groups in total. The summed E-state index contributed by atoms with van der Waals surface area (Å²) in [5.41, 5.74) is 1.19. The molecule has 2 aromatic rings. The highest BCUT2D eigenvalue weighted by Crippen LogP contribution is 2.36. The van der Waals surface area contributed by atoms with E-state index in [2.05, 4.69) is 16.8 Å². The van der Waals surface area contributed by atoms with Crippen molar-refractivity contribution in [2.24, 2.45) is 0 Å². The quantitative estimate of drug-likeness (QED) is 0.642. The number of likely N-dealkylation sites (N-methyl/N-ethyl adjacent to an activating group) is 1. The first kappa shape index (κ1) is 23.3. The molecular formula is C22H27FN4O5S. The van der Waals surface area contributed by atoms with Gasteiger partial charge < -0.3 is 14.4 Å². The number of amides is 1. The molecule has 0 aromatic heterocycles. The summed E-state index contributed by atoms with van der Waals surface area (Å²) < 4.78 is 53.8. The molecule has 2 fully saturated rings. The molecule has 0 unspecified atom stereocenters. The summed E-state index contributed by atoms with van der Waals surface area (Å²) in [6.45, 7) is 3.62. The molecule has 0 spiro atoms. The van der Waals surface area contributed by atoms with Crippen LogP contribution in [-0.2, 0) is 28.2 Å². The van der Waals surface area contributed by atoms with Crippen LogP contribution in [0.5, 0.6) is 11.5 Å². The molecule has 2 saturated heterocycles. The maximum absolute atomic E-state index is 15.3. The van der Waals surface area contributed by atoms with Gasteiger partial charge >= 0.3 is 10.2 Å². The molecule has 9 nitrogen and oxygen atoms in total. The lowest BCUT2D eigenvalue weighted by atomic mass is 10.1. The summed E-state index contributed by atoms with van der Waals surface area (Å²) >= 11 is 0. The van der Waals surface area contributed by atoms with Crippen molar-refractivity contribution in [3.8, 4) is 11.5 Å². The number of methoxy groups -OCH3 is 1. The van der Waals surface area contributed by atoms with Crippen molar-refractivity contribution in [2.75, 3.05) is 51.2 Å². The van der Waals surface area contributed by atoms with Gasteiger partial charge in [0.1, 0.15) is 30.3 Å².